The maximum absolute atomic E-state index is 4.33. The first-order chi connectivity index (χ1) is 10.1. The van der Waals surface area contributed by atoms with Gasteiger partial charge in [-0.15, -0.1) is 5.11 Å². The Morgan fingerprint density at radius 1 is 0.952 bits per heavy atom. The molecular formula is C19H24N2. The molecule has 0 aliphatic carbocycles. The average Bonchev–Trinajstić information content (AvgIpc) is 2.50. The Labute approximate surface area is 128 Å². The number of nitrogens with zero attached hydrogens (tertiary/aromatic N) is 2. The van der Waals surface area contributed by atoms with E-state index in [2.05, 4.69) is 30.0 Å². The van der Waals surface area contributed by atoms with Gasteiger partial charge in [-0.25, -0.2) is 0 Å². The minimum Gasteiger partial charge on any atom is -0.151 e. The number of allylic oxidation sites excluding steroid dienone is 10. The van der Waals surface area contributed by atoms with Gasteiger partial charge in [-0.3, -0.25) is 0 Å². The van der Waals surface area contributed by atoms with Crippen molar-refractivity contribution in [1.82, 2.24) is 0 Å². The van der Waals surface area contributed by atoms with Crippen LogP contribution in [0.3, 0.4) is 0 Å². The first-order valence-corrected chi connectivity index (χ1v) is 6.80. The fourth-order valence-electron chi connectivity index (χ4n) is 1.45. The highest BCUT2D eigenvalue weighted by atomic mass is 15.1. The molecule has 0 saturated heterocycles. The van der Waals surface area contributed by atoms with E-state index in [1.165, 1.54) is 0 Å². The third-order valence-corrected chi connectivity index (χ3v) is 2.59. The largest absolute Gasteiger partial charge is 0.151 e. The zero-order chi connectivity index (χ0) is 16.1. The standard InChI is InChI=1S/C19H24N2/c1-7-12-15-18(16(6)10-4)19(14-9-3)21-20-17(11-5)13-8-2/h7-15H,1,3-4H2,2,5-6H3/b13-8-,15-12-,17-11+,18-16+,19-14+,21-20?. The quantitative estimate of drug-likeness (QED) is 0.372. The predicted octanol–water partition coefficient (Wildman–Crippen LogP) is 6.23. The summed E-state index contributed by atoms with van der Waals surface area (Å²) in [5.41, 5.74) is 3.47. The molecule has 2 nitrogen and oxygen atoms in total. The Kier molecular flexibility index (Phi) is 10.0. The molecular weight excluding hydrogens is 256 g/mol. The topological polar surface area (TPSA) is 24.7 Å². The molecule has 0 aromatic heterocycles. The SMILES string of the molecule is C=C\C=C/C(/C(=C\C=C)N=NC(/C=C\C)=C/C)=C(/C)C=C. The monoisotopic (exact) mass is 280 g/mol. The van der Waals surface area contributed by atoms with Gasteiger partial charge in [-0.1, -0.05) is 62.3 Å². The van der Waals surface area contributed by atoms with Crippen molar-refractivity contribution in [2.75, 3.05) is 0 Å². The third kappa shape index (κ3) is 7.02. The van der Waals surface area contributed by atoms with Gasteiger partial charge in [0.2, 0.25) is 0 Å². The fourth-order valence-corrected chi connectivity index (χ4v) is 1.45. The van der Waals surface area contributed by atoms with Crippen LogP contribution in [0.1, 0.15) is 20.8 Å². The lowest BCUT2D eigenvalue weighted by Gasteiger charge is -2.05. The molecule has 0 aliphatic heterocycles. The Morgan fingerprint density at radius 2 is 1.67 bits per heavy atom. The van der Waals surface area contributed by atoms with Crippen LogP contribution in [0.5, 0.6) is 0 Å². The zero-order valence-corrected chi connectivity index (χ0v) is 13.2. The minimum absolute atomic E-state index is 0.726. The van der Waals surface area contributed by atoms with Crippen LogP contribution in [0, 0.1) is 0 Å². The lowest BCUT2D eigenvalue weighted by atomic mass is 10.1. The smallest absolute Gasteiger partial charge is 0.0931 e. The van der Waals surface area contributed by atoms with Crippen molar-refractivity contribution in [2.24, 2.45) is 10.2 Å². The molecule has 0 aromatic carbocycles. The second-order valence-electron chi connectivity index (χ2n) is 4.10. The number of azo groups is 1. The van der Waals surface area contributed by atoms with Crippen molar-refractivity contribution < 1.29 is 0 Å². The van der Waals surface area contributed by atoms with Crippen molar-refractivity contribution in [3.63, 3.8) is 0 Å². The Bertz CT molecular complexity index is 550. The highest BCUT2D eigenvalue weighted by molar-refractivity contribution is 5.47. The van der Waals surface area contributed by atoms with Crippen molar-refractivity contribution in [3.05, 3.63) is 97.0 Å². The predicted molar refractivity (Wildman–Crippen MR) is 93.9 cm³/mol. The third-order valence-electron chi connectivity index (χ3n) is 2.59. The molecule has 0 aromatic rings. The summed E-state index contributed by atoms with van der Waals surface area (Å²) < 4.78 is 0. The first kappa shape index (κ1) is 18.5. The zero-order valence-electron chi connectivity index (χ0n) is 13.2. The summed E-state index contributed by atoms with van der Waals surface area (Å²) in [5, 5.41) is 8.58. The molecule has 0 fully saturated rings. The average molecular weight is 280 g/mol. The van der Waals surface area contributed by atoms with E-state index in [9.17, 15) is 0 Å². The van der Waals surface area contributed by atoms with Gasteiger partial charge in [0.05, 0.1) is 11.4 Å². The van der Waals surface area contributed by atoms with Crippen molar-refractivity contribution in [2.45, 2.75) is 20.8 Å². The van der Waals surface area contributed by atoms with Crippen molar-refractivity contribution >= 4 is 0 Å². The summed E-state index contributed by atoms with van der Waals surface area (Å²) in [6.07, 6.45) is 16.5. The van der Waals surface area contributed by atoms with Gasteiger partial charge in [0, 0.05) is 5.57 Å². The molecule has 0 aliphatic rings. The summed E-state index contributed by atoms with van der Waals surface area (Å²) in [7, 11) is 0. The second kappa shape index (κ2) is 11.4. The number of hydrogen-bond donors (Lipinski definition) is 0. The lowest BCUT2D eigenvalue weighted by molar-refractivity contribution is 1.09. The molecule has 0 rings (SSSR count). The minimum atomic E-state index is 0.726. The summed E-state index contributed by atoms with van der Waals surface area (Å²) in [6, 6.07) is 0. The summed E-state index contributed by atoms with van der Waals surface area (Å²) in [6.45, 7) is 17.1. The van der Waals surface area contributed by atoms with Gasteiger partial charge in [-0.05, 0) is 38.5 Å². The van der Waals surface area contributed by atoms with Crippen molar-refractivity contribution in [3.8, 4) is 0 Å². The molecule has 0 N–H and O–H groups in total. The van der Waals surface area contributed by atoms with E-state index < -0.39 is 0 Å². The van der Waals surface area contributed by atoms with Gasteiger partial charge < -0.3 is 0 Å². The molecule has 2 heteroatoms. The van der Waals surface area contributed by atoms with E-state index in [0.717, 1.165) is 22.5 Å². The van der Waals surface area contributed by atoms with Gasteiger partial charge in [0.15, 0.2) is 0 Å². The van der Waals surface area contributed by atoms with E-state index in [0.29, 0.717) is 0 Å². The highest BCUT2D eigenvalue weighted by Crippen LogP contribution is 2.20. The molecule has 110 valence electrons. The molecule has 0 radical (unpaired) electrons. The van der Waals surface area contributed by atoms with Crippen LogP contribution in [0.15, 0.2) is 107 Å². The van der Waals surface area contributed by atoms with Gasteiger partial charge in [0.25, 0.3) is 0 Å². The van der Waals surface area contributed by atoms with Crippen molar-refractivity contribution in [1.29, 1.82) is 0 Å². The maximum atomic E-state index is 4.33. The number of rotatable bonds is 8. The Morgan fingerprint density at radius 3 is 2.14 bits per heavy atom. The second-order valence-corrected chi connectivity index (χ2v) is 4.10. The molecule has 0 saturated carbocycles. The van der Waals surface area contributed by atoms with Crippen LogP contribution in [0.2, 0.25) is 0 Å². The summed E-state index contributed by atoms with van der Waals surface area (Å²) in [5.74, 6) is 0. The fraction of sp³-hybridized carbons (Fsp3) is 0.158. The molecule has 0 unspecified atom stereocenters. The lowest BCUT2D eigenvalue weighted by Crippen LogP contribution is -1.87. The molecule has 0 heterocycles. The van der Waals surface area contributed by atoms with Crippen LogP contribution in [-0.4, -0.2) is 0 Å². The number of hydrogen-bond acceptors (Lipinski definition) is 2. The van der Waals surface area contributed by atoms with E-state index >= 15 is 0 Å². The normalized spacial score (nSPS) is 14.8. The molecule has 0 amide bonds. The highest BCUT2D eigenvalue weighted by Gasteiger charge is 2.03. The van der Waals surface area contributed by atoms with Crippen LogP contribution in [0.4, 0.5) is 0 Å². The van der Waals surface area contributed by atoms with E-state index in [-0.39, 0.29) is 0 Å². The van der Waals surface area contributed by atoms with Crippen LogP contribution in [0.25, 0.3) is 0 Å². The Hall–Kier alpha value is -2.48. The molecule has 0 spiro atoms. The van der Waals surface area contributed by atoms with E-state index in [1.54, 1.807) is 18.2 Å². The van der Waals surface area contributed by atoms with E-state index in [4.69, 9.17) is 0 Å². The molecule has 21 heavy (non-hydrogen) atoms. The molecule has 0 atom stereocenters. The summed E-state index contributed by atoms with van der Waals surface area (Å²) >= 11 is 0. The van der Waals surface area contributed by atoms with E-state index in [1.807, 2.05) is 57.2 Å². The molecule has 0 bridgehead atoms. The van der Waals surface area contributed by atoms with Crippen LogP contribution in [-0.2, 0) is 0 Å². The van der Waals surface area contributed by atoms with Gasteiger partial charge in [-0.2, -0.15) is 5.11 Å². The Balaban J connectivity index is 5.77. The van der Waals surface area contributed by atoms with Crippen LogP contribution >= 0.6 is 0 Å². The maximum Gasteiger partial charge on any atom is 0.0931 e. The van der Waals surface area contributed by atoms with Gasteiger partial charge >= 0.3 is 0 Å². The van der Waals surface area contributed by atoms with Gasteiger partial charge in [0.1, 0.15) is 0 Å². The first-order valence-electron chi connectivity index (χ1n) is 6.80. The van der Waals surface area contributed by atoms with Crippen LogP contribution < -0.4 is 0 Å². The summed E-state index contributed by atoms with van der Waals surface area (Å²) in [4.78, 5) is 0.